The summed E-state index contributed by atoms with van der Waals surface area (Å²) in [5.74, 6) is 0. The minimum absolute atomic E-state index is 0.00579. The average Bonchev–Trinajstić information content (AvgIpc) is 2.07. The van der Waals surface area contributed by atoms with Crippen molar-refractivity contribution in [1.82, 2.24) is 5.73 Å². The Morgan fingerprint density at radius 1 is 1.42 bits per heavy atom. The van der Waals surface area contributed by atoms with Gasteiger partial charge in [-0.3, -0.25) is 0 Å². The molecular formula is C10H11BrN. The molecule has 1 atom stereocenters. The zero-order valence-corrected chi connectivity index (χ0v) is 8.39. The molecule has 1 nitrogen and oxygen atoms in total. The molecule has 1 aliphatic rings. The van der Waals surface area contributed by atoms with Crippen LogP contribution in [0, 0.1) is 0 Å². The molecule has 0 fully saturated rings. The van der Waals surface area contributed by atoms with Gasteiger partial charge in [0.15, 0.2) is 0 Å². The normalized spacial score (nSPS) is 22.0. The number of hydrogen-bond donors (Lipinski definition) is 0. The third-order valence-corrected chi connectivity index (χ3v) is 3.19. The number of fused-ring (bicyclic) bond motifs is 1. The maximum absolute atomic E-state index is 7.83. The van der Waals surface area contributed by atoms with Crippen molar-refractivity contribution in [1.29, 1.82) is 0 Å². The van der Waals surface area contributed by atoms with E-state index in [1.165, 1.54) is 15.6 Å². The highest BCUT2D eigenvalue weighted by Crippen LogP contribution is 2.33. The summed E-state index contributed by atoms with van der Waals surface area (Å²) in [4.78, 5) is 0. The minimum atomic E-state index is 0.00579. The smallest absolute Gasteiger partial charge is 0.0465 e. The molecule has 2 heteroatoms. The first-order chi connectivity index (χ1) is 5.79. The van der Waals surface area contributed by atoms with Crippen molar-refractivity contribution in [2.24, 2.45) is 0 Å². The van der Waals surface area contributed by atoms with E-state index in [1.54, 1.807) is 0 Å². The Hall–Kier alpha value is -0.340. The maximum Gasteiger partial charge on any atom is 0.0465 e. The van der Waals surface area contributed by atoms with Gasteiger partial charge in [-0.05, 0) is 36.5 Å². The first kappa shape index (κ1) is 8.27. The Balaban J connectivity index is 2.52. The van der Waals surface area contributed by atoms with E-state index in [1.807, 2.05) is 6.07 Å². The average molecular weight is 225 g/mol. The molecule has 1 aromatic carbocycles. The summed E-state index contributed by atoms with van der Waals surface area (Å²) in [5, 5.41) is 0. The fraction of sp³-hybridized carbons (Fsp3) is 0.400. The first-order valence-electron chi connectivity index (χ1n) is 4.27. The lowest BCUT2D eigenvalue weighted by atomic mass is 9.88. The zero-order chi connectivity index (χ0) is 8.55. The molecule has 0 bridgehead atoms. The first-order valence-corrected chi connectivity index (χ1v) is 5.07. The Morgan fingerprint density at radius 2 is 2.25 bits per heavy atom. The van der Waals surface area contributed by atoms with Crippen LogP contribution in [0.4, 0.5) is 0 Å². The minimum Gasteiger partial charge on any atom is -0.250 e. The van der Waals surface area contributed by atoms with Crippen LogP contribution in [0.3, 0.4) is 0 Å². The van der Waals surface area contributed by atoms with E-state index in [4.69, 9.17) is 5.73 Å². The van der Waals surface area contributed by atoms with Crippen LogP contribution in [0.1, 0.15) is 30.0 Å². The summed E-state index contributed by atoms with van der Waals surface area (Å²) >= 11 is 3.53. The predicted octanol–water partition coefficient (Wildman–Crippen LogP) is 3.11. The van der Waals surface area contributed by atoms with Crippen molar-refractivity contribution in [3.05, 3.63) is 33.8 Å². The van der Waals surface area contributed by atoms with Crippen molar-refractivity contribution < 1.29 is 0 Å². The van der Waals surface area contributed by atoms with Gasteiger partial charge in [-0.1, -0.05) is 28.1 Å². The molecule has 0 aromatic heterocycles. The molecule has 1 N–H and O–H groups in total. The van der Waals surface area contributed by atoms with E-state index in [-0.39, 0.29) is 6.04 Å². The van der Waals surface area contributed by atoms with Crippen LogP contribution >= 0.6 is 15.9 Å². The molecule has 0 aliphatic heterocycles. The number of hydrogen-bond acceptors (Lipinski definition) is 0. The predicted molar refractivity (Wildman–Crippen MR) is 52.9 cm³/mol. The van der Waals surface area contributed by atoms with Crippen LogP contribution in [-0.4, -0.2) is 0 Å². The third-order valence-electron chi connectivity index (χ3n) is 2.45. The zero-order valence-electron chi connectivity index (χ0n) is 6.81. The second-order valence-electron chi connectivity index (χ2n) is 3.25. The van der Waals surface area contributed by atoms with Crippen molar-refractivity contribution in [2.75, 3.05) is 0 Å². The maximum atomic E-state index is 7.83. The van der Waals surface area contributed by atoms with Gasteiger partial charge in [0.1, 0.15) is 0 Å². The Kier molecular flexibility index (Phi) is 2.20. The van der Waals surface area contributed by atoms with E-state index < -0.39 is 0 Å². The molecule has 0 amide bonds. The standard InChI is InChI=1S/C10H11BrN/c11-9-5-1-4-8-7(9)3-2-6-10(8)12/h1,4-5,10,12H,2-3,6H2/t10-/m0/s1. The van der Waals surface area contributed by atoms with Crippen molar-refractivity contribution in [2.45, 2.75) is 25.3 Å². The fourth-order valence-electron chi connectivity index (χ4n) is 1.80. The van der Waals surface area contributed by atoms with Gasteiger partial charge in [0.2, 0.25) is 0 Å². The Labute approximate surface area is 81.1 Å². The SMILES string of the molecule is [NH][C@H]1CCCc2c(Br)cccc21. The second kappa shape index (κ2) is 3.19. The molecule has 0 unspecified atom stereocenters. The number of halogens is 1. The van der Waals surface area contributed by atoms with Gasteiger partial charge in [0.05, 0.1) is 0 Å². The van der Waals surface area contributed by atoms with Crippen molar-refractivity contribution in [3.8, 4) is 0 Å². The van der Waals surface area contributed by atoms with Gasteiger partial charge in [0.25, 0.3) is 0 Å². The highest BCUT2D eigenvalue weighted by Gasteiger charge is 2.18. The molecule has 63 valence electrons. The lowest BCUT2D eigenvalue weighted by molar-refractivity contribution is 0.556. The van der Waals surface area contributed by atoms with Gasteiger partial charge >= 0.3 is 0 Å². The highest BCUT2D eigenvalue weighted by molar-refractivity contribution is 9.10. The number of benzene rings is 1. The summed E-state index contributed by atoms with van der Waals surface area (Å²) in [6, 6.07) is 6.18. The van der Waals surface area contributed by atoms with Crippen LogP contribution < -0.4 is 5.73 Å². The molecule has 12 heavy (non-hydrogen) atoms. The van der Waals surface area contributed by atoms with Crippen molar-refractivity contribution >= 4 is 15.9 Å². The lowest BCUT2D eigenvalue weighted by Crippen LogP contribution is -2.10. The summed E-state index contributed by atoms with van der Waals surface area (Å²) in [7, 11) is 0. The van der Waals surface area contributed by atoms with Gasteiger partial charge in [-0.15, -0.1) is 0 Å². The third kappa shape index (κ3) is 1.29. The van der Waals surface area contributed by atoms with Crippen LogP contribution in [-0.2, 0) is 6.42 Å². The molecule has 1 aromatic rings. The number of nitrogens with one attached hydrogen (secondary N) is 1. The molecule has 0 spiro atoms. The second-order valence-corrected chi connectivity index (χ2v) is 4.11. The van der Waals surface area contributed by atoms with E-state index >= 15 is 0 Å². The van der Waals surface area contributed by atoms with Crippen molar-refractivity contribution in [3.63, 3.8) is 0 Å². The fourth-order valence-corrected chi connectivity index (χ4v) is 2.38. The van der Waals surface area contributed by atoms with E-state index in [0.717, 1.165) is 19.3 Å². The lowest BCUT2D eigenvalue weighted by Gasteiger charge is -2.22. The summed E-state index contributed by atoms with van der Waals surface area (Å²) < 4.78 is 1.18. The monoisotopic (exact) mass is 224 g/mol. The summed E-state index contributed by atoms with van der Waals surface area (Å²) in [5.41, 5.74) is 10.4. The van der Waals surface area contributed by atoms with Gasteiger partial charge < -0.3 is 0 Å². The van der Waals surface area contributed by atoms with Gasteiger partial charge in [-0.25, -0.2) is 5.73 Å². The van der Waals surface area contributed by atoms with E-state index in [9.17, 15) is 0 Å². The van der Waals surface area contributed by atoms with Crippen LogP contribution in [0.25, 0.3) is 0 Å². The quantitative estimate of drug-likeness (QED) is 0.647. The summed E-state index contributed by atoms with van der Waals surface area (Å²) in [6.07, 6.45) is 3.30. The van der Waals surface area contributed by atoms with E-state index in [0.29, 0.717) is 0 Å². The van der Waals surface area contributed by atoms with Gasteiger partial charge in [-0.2, -0.15) is 0 Å². The highest BCUT2D eigenvalue weighted by atomic mass is 79.9. The topological polar surface area (TPSA) is 23.8 Å². The molecule has 1 radical (unpaired) electrons. The molecule has 0 heterocycles. The van der Waals surface area contributed by atoms with E-state index in [2.05, 4.69) is 28.1 Å². The Morgan fingerprint density at radius 3 is 3.00 bits per heavy atom. The molecular weight excluding hydrogens is 214 g/mol. The summed E-state index contributed by atoms with van der Waals surface area (Å²) in [6.45, 7) is 0. The van der Waals surface area contributed by atoms with Crippen LogP contribution in [0.15, 0.2) is 22.7 Å². The number of rotatable bonds is 0. The molecule has 0 saturated heterocycles. The Bertz CT molecular complexity index is 296. The largest absolute Gasteiger partial charge is 0.250 e. The molecule has 2 rings (SSSR count). The van der Waals surface area contributed by atoms with Crippen LogP contribution in [0.2, 0.25) is 0 Å². The van der Waals surface area contributed by atoms with Crippen LogP contribution in [0.5, 0.6) is 0 Å². The molecule has 0 saturated carbocycles. The molecule has 1 aliphatic carbocycles. The van der Waals surface area contributed by atoms with Gasteiger partial charge in [0, 0.05) is 10.5 Å².